The highest BCUT2D eigenvalue weighted by Crippen LogP contribution is 2.12. The van der Waals surface area contributed by atoms with Crippen LogP contribution in [0.15, 0.2) is 36.5 Å². The van der Waals surface area contributed by atoms with E-state index in [-0.39, 0.29) is 36.4 Å². The number of aliphatic carboxylic acids is 1. The van der Waals surface area contributed by atoms with E-state index in [0.29, 0.717) is 5.69 Å². The fourth-order valence-corrected chi connectivity index (χ4v) is 2.13. The first kappa shape index (κ1) is 16.7. The third-order valence-corrected chi connectivity index (χ3v) is 3.35. The number of amides is 1. The van der Waals surface area contributed by atoms with Crippen molar-refractivity contribution in [1.29, 1.82) is 0 Å². The Balaban J connectivity index is 2.18. The monoisotopic (exact) mass is 319 g/mol. The number of carbonyl (C=O) groups excluding carboxylic acids is 1. The molecule has 1 N–H and O–H groups in total. The van der Waals surface area contributed by atoms with E-state index in [2.05, 4.69) is 5.10 Å². The molecule has 23 heavy (non-hydrogen) atoms. The van der Waals surface area contributed by atoms with Gasteiger partial charge in [-0.25, -0.2) is 9.07 Å². The van der Waals surface area contributed by atoms with Gasteiger partial charge in [0.15, 0.2) is 5.69 Å². The maximum Gasteiger partial charge on any atom is 0.305 e. The highest BCUT2D eigenvalue weighted by molar-refractivity contribution is 5.92. The number of aromatic nitrogens is 2. The van der Waals surface area contributed by atoms with Gasteiger partial charge in [0, 0.05) is 18.8 Å². The summed E-state index contributed by atoms with van der Waals surface area (Å²) in [5.41, 5.74) is 0.848. The van der Waals surface area contributed by atoms with Gasteiger partial charge in [0.05, 0.1) is 12.1 Å². The lowest BCUT2D eigenvalue weighted by molar-refractivity contribution is -0.137. The van der Waals surface area contributed by atoms with E-state index in [1.165, 1.54) is 21.7 Å². The van der Waals surface area contributed by atoms with Crippen LogP contribution in [0.3, 0.4) is 0 Å². The first-order valence-electron chi connectivity index (χ1n) is 7.23. The molecule has 0 fully saturated rings. The van der Waals surface area contributed by atoms with E-state index in [1.807, 2.05) is 13.8 Å². The van der Waals surface area contributed by atoms with Crippen molar-refractivity contribution in [3.8, 4) is 5.69 Å². The largest absolute Gasteiger partial charge is 0.481 e. The Bertz CT molecular complexity index is 695. The molecule has 1 amide bonds. The van der Waals surface area contributed by atoms with Crippen molar-refractivity contribution in [2.75, 3.05) is 6.54 Å². The van der Waals surface area contributed by atoms with Crippen LogP contribution in [-0.4, -0.2) is 44.3 Å². The molecule has 1 heterocycles. The van der Waals surface area contributed by atoms with Crippen LogP contribution in [0.2, 0.25) is 0 Å². The lowest BCUT2D eigenvalue weighted by atomic mass is 10.2. The second-order valence-electron chi connectivity index (χ2n) is 5.36. The Morgan fingerprint density at radius 1 is 1.26 bits per heavy atom. The van der Waals surface area contributed by atoms with Crippen LogP contribution in [0.1, 0.15) is 30.8 Å². The summed E-state index contributed by atoms with van der Waals surface area (Å²) in [4.78, 5) is 24.7. The van der Waals surface area contributed by atoms with Gasteiger partial charge in [-0.3, -0.25) is 9.59 Å². The fraction of sp³-hybridized carbons (Fsp3) is 0.312. The van der Waals surface area contributed by atoms with Gasteiger partial charge in [0.2, 0.25) is 0 Å². The Labute approximate surface area is 133 Å². The van der Waals surface area contributed by atoms with Gasteiger partial charge in [0.25, 0.3) is 5.91 Å². The van der Waals surface area contributed by atoms with Crippen molar-refractivity contribution < 1.29 is 19.1 Å². The Morgan fingerprint density at radius 3 is 2.48 bits per heavy atom. The Hall–Kier alpha value is -2.70. The SMILES string of the molecule is CC(C)N(CCC(=O)O)C(=O)c1ccn(-c2ccc(F)cc2)n1. The zero-order valence-corrected chi connectivity index (χ0v) is 12.9. The van der Waals surface area contributed by atoms with Gasteiger partial charge in [-0.15, -0.1) is 0 Å². The molecule has 6 nitrogen and oxygen atoms in total. The zero-order valence-electron chi connectivity index (χ0n) is 12.9. The maximum atomic E-state index is 12.9. The molecule has 0 saturated carbocycles. The molecule has 0 radical (unpaired) electrons. The fourth-order valence-electron chi connectivity index (χ4n) is 2.13. The summed E-state index contributed by atoms with van der Waals surface area (Å²) in [6.07, 6.45) is 1.48. The van der Waals surface area contributed by atoms with E-state index >= 15 is 0 Å². The van der Waals surface area contributed by atoms with Crippen LogP contribution in [0.5, 0.6) is 0 Å². The van der Waals surface area contributed by atoms with Crippen LogP contribution in [0.4, 0.5) is 4.39 Å². The lowest BCUT2D eigenvalue weighted by Crippen LogP contribution is -2.38. The molecule has 0 aliphatic carbocycles. The normalized spacial score (nSPS) is 10.8. The highest BCUT2D eigenvalue weighted by atomic mass is 19.1. The molecule has 0 aliphatic rings. The lowest BCUT2D eigenvalue weighted by Gasteiger charge is -2.25. The minimum atomic E-state index is -0.958. The van der Waals surface area contributed by atoms with E-state index in [4.69, 9.17) is 5.11 Å². The van der Waals surface area contributed by atoms with Gasteiger partial charge in [-0.2, -0.15) is 5.10 Å². The van der Waals surface area contributed by atoms with Crippen molar-refractivity contribution in [3.05, 3.63) is 48.0 Å². The van der Waals surface area contributed by atoms with Crippen molar-refractivity contribution in [2.24, 2.45) is 0 Å². The van der Waals surface area contributed by atoms with Crippen LogP contribution in [0, 0.1) is 5.82 Å². The predicted octanol–water partition coefficient (Wildman–Crippen LogP) is 2.34. The summed E-state index contributed by atoms with van der Waals surface area (Å²) in [7, 11) is 0. The molecular formula is C16H18FN3O3. The van der Waals surface area contributed by atoms with Gasteiger partial charge in [-0.05, 0) is 44.2 Å². The number of nitrogens with zero attached hydrogens (tertiary/aromatic N) is 3. The molecular weight excluding hydrogens is 301 g/mol. The zero-order chi connectivity index (χ0) is 17.0. The summed E-state index contributed by atoms with van der Waals surface area (Å²) in [6.45, 7) is 3.75. The van der Waals surface area contributed by atoms with Crippen LogP contribution < -0.4 is 0 Å². The van der Waals surface area contributed by atoms with E-state index in [1.54, 1.807) is 24.4 Å². The molecule has 0 aliphatic heterocycles. The average Bonchev–Trinajstić information content (AvgIpc) is 2.97. The summed E-state index contributed by atoms with van der Waals surface area (Å²) in [6, 6.07) is 7.15. The van der Waals surface area contributed by atoms with Crippen LogP contribution in [0.25, 0.3) is 5.69 Å². The van der Waals surface area contributed by atoms with Crippen molar-refractivity contribution in [3.63, 3.8) is 0 Å². The summed E-state index contributed by atoms with van der Waals surface area (Å²) >= 11 is 0. The van der Waals surface area contributed by atoms with E-state index in [0.717, 1.165) is 0 Å². The number of hydrogen-bond acceptors (Lipinski definition) is 3. The Kier molecular flexibility index (Phi) is 5.10. The van der Waals surface area contributed by atoms with Crippen LogP contribution >= 0.6 is 0 Å². The molecule has 7 heteroatoms. The third kappa shape index (κ3) is 4.15. The van der Waals surface area contributed by atoms with Crippen molar-refractivity contribution >= 4 is 11.9 Å². The van der Waals surface area contributed by atoms with Gasteiger partial charge < -0.3 is 10.0 Å². The molecule has 0 saturated heterocycles. The standard InChI is InChI=1S/C16H18FN3O3/c1-11(2)19(9-8-15(21)22)16(23)14-7-10-20(18-14)13-5-3-12(17)4-6-13/h3-7,10-11H,8-9H2,1-2H3,(H,21,22). The number of carbonyl (C=O) groups is 2. The second kappa shape index (κ2) is 7.04. The summed E-state index contributed by atoms with van der Waals surface area (Å²) in [5, 5.41) is 13.0. The number of carboxylic acid groups (broad SMARTS) is 1. The number of halogens is 1. The molecule has 2 rings (SSSR count). The Morgan fingerprint density at radius 2 is 1.91 bits per heavy atom. The third-order valence-electron chi connectivity index (χ3n) is 3.35. The van der Waals surface area contributed by atoms with Crippen molar-refractivity contribution in [1.82, 2.24) is 14.7 Å². The molecule has 122 valence electrons. The topological polar surface area (TPSA) is 75.4 Å². The average molecular weight is 319 g/mol. The van der Waals surface area contributed by atoms with Crippen molar-refractivity contribution in [2.45, 2.75) is 26.3 Å². The molecule has 0 spiro atoms. The summed E-state index contributed by atoms with van der Waals surface area (Å²) < 4.78 is 14.4. The molecule has 1 aromatic carbocycles. The molecule has 0 unspecified atom stereocenters. The van der Waals surface area contributed by atoms with Crippen LogP contribution in [-0.2, 0) is 4.79 Å². The highest BCUT2D eigenvalue weighted by Gasteiger charge is 2.21. The minimum absolute atomic E-state index is 0.120. The first-order valence-corrected chi connectivity index (χ1v) is 7.23. The van der Waals surface area contributed by atoms with E-state index in [9.17, 15) is 14.0 Å². The number of carboxylic acids is 1. The minimum Gasteiger partial charge on any atom is -0.481 e. The van der Waals surface area contributed by atoms with E-state index < -0.39 is 5.97 Å². The quantitative estimate of drug-likeness (QED) is 0.887. The number of rotatable bonds is 6. The second-order valence-corrected chi connectivity index (χ2v) is 5.36. The van der Waals surface area contributed by atoms with Gasteiger partial charge in [0.1, 0.15) is 5.82 Å². The predicted molar refractivity (Wildman–Crippen MR) is 81.9 cm³/mol. The number of benzene rings is 1. The molecule has 0 bridgehead atoms. The maximum absolute atomic E-state index is 12.9. The molecule has 2 aromatic rings. The molecule has 0 atom stereocenters. The summed E-state index contributed by atoms with van der Waals surface area (Å²) in [5.74, 6) is -1.64. The smallest absolute Gasteiger partial charge is 0.305 e. The van der Waals surface area contributed by atoms with Gasteiger partial charge in [-0.1, -0.05) is 0 Å². The molecule has 1 aromatic heterocycles. The van der Waals surface area contributed by atoms with Gasteiger partial charge >= 0.3 is 5.97 Å². The number of hydrogen-bond donors (Lipinski definition) is 1. The first-order chi connectivity index (χ1) is 10.9.